The van der Waals surface area contributed by atoms with Crippen LogP contribution < -0.4 is 0 Å². The van der Waals surface area contributed by atoms with Gasteiger partial charge in [-0.05, 0) is 49.8 Å². The van der Waals surface area contributed by atoms with Crippen LogP contribution >= 0.6 is 10.7 Å². The molecule has 4 nitrogen and oxygen atoms in total. The van der Waals surface area contributed by atoms with Gasteiger partial charge in [0.1, 0.15) is 0 Å². The second-order valence-electron chi connectivity index (χ2n) is 5.46. The first-order valence-corrected chi connectivity index (χ1v) is 9.52. The molecule has 1 aromatic carbocycles. The summed E-state index contributed by atoms with van der Waals surface area (Å²) in [5.74, 6) is 0.862. The highest BCUT2D eigenvalue weighted by Crippen LogP contribution is 2.29. The van der Waals surface area contributed by atoms with E-state index in [1.165, 1.54) is 25.0 Å². The molecular formula is C15H20ClNO3S. The van der Waals surface area contributed by atoms with E-state index in [9.17, 15) is 13.2 Å². The van der Waals surface area contributed by atoms with Crippen molar-refractivity contribution in [3.05, 3.63) is 29.8 Å². The fourth-order valence-electron chi connectivity index (χ4n) is 2.25. The highest BCUT2D eigenvalue weighted by molar-refractivity contribution is 8.13. The Morgan fingerprint density at radius 2 is 1.90 bits per heavy atom. The Morgan fingerprint density at radius 3 is 2.38 bits per heavy atom. The van der Waals surface area contributed by atoms with Gasteiger partial charge < -0.3 is 4.90 Å². The van der Waals surface area contributed by atoms with Gasteiger partial charge >= 0.3 is 0 Å². The first-order chi connectivity index (χ1) is 9.90. The van der Waals surface area contributed by atoms with Gasteiger partial charge in [0.25, 0.3) is 9.05 Å². The molecule has 0 bridgehead atoms. The lowest BCUT2D eigenvalue weighted by molar-refractivity contribution is -0.131. The molecule has 0 saturated heterocycles. The molecule has 0 aromatic heterocycles. The van der Waals surface area contributed by atoms with E-state index in [1.807, 2.05) is 11.8 Å². The highest BCUT2D eigenvalue weighted by atomic mass is 35.7. The molecule has 1 amide bonds. The molecule has 1 fully saturated rings. The van der Waals surface area contributed by atoms with E-state index in [0.717, 1.165) is 18.7 Å². The molecular weight excluding hydrogens is 310 g/mol. The molecule has 1 aliphatic rings. The molecule has 0 radical (unpaired) electrons. The van der Waals surface area contributed by atoms with Crippen molar-refractivity contribution >= 4 is 25.6 Å². The number of carbonyl (C=O) groups excluding carboxylic acids is 1. The summed E-state index contributed by atoms with van der Waals surface area (Å²) >= 11 is 0. The quantitative estimate of drug-likeness (QED) is 0.723. The first-order valence-electron chi connectivity index (χ1n) is 7.21. The van der Waals surface area contributed by atoms with Crippen LogP contribution in [0.3, 0.4) is 0 Å². The maximum absolute atomic E-state index is 12.1. The number of hydrogen-bond donors (Lipinski definition) is 0. The Bertz CT molecular complexity index is 594. The molecule has 6 heteroatoms. The zero-order chi connectivity index (χ0) is 15.5. The predicted octanol–water partition coefficient (Wildman–Crippen LogP) is 2.81. The summed E-state index contributed by atoms with van der Waals surface area (Å²) < 4.78 is 22.3. The zero-order valence-corrected chi connectivity index (χ0v) is 13.7. The van der Waals surface area contributed by atoms with Gasteiger partial charge in [0, 0.05) is 30.2 Å². The average molecular weight is 330 g/mol. The molecule has 1 saturated carbocycles. The molecule has 0 atom stereocenters. The SMILES string of the molecule is CCN(CC1CC1)C(=O)CCc1ccc(S(=O)(=O)Cl)cc1. The summed E-state index contributed by atoms with van der Waals surface area (Å²) in [6.07, 6.45) is 3.53. The van der Waals surface area contributed by atoms with Crippen molar-refractivity contribution in [2.24, 2.45) is 5.92 Å². The van der Waals surface area contributed by atoms with Crippen LogP contribution in [0.15, 0.2) is 29.2 Å². The van der Waals surface area contributed by atoms with E-state index in [-0.39, 0.29) is 10.8 Å². The maximum Gasteiger partial charge on any atom is 0.261 e. The Kier molecular flexibility index (Phi) is 5.27. The van der Waals surface area contributed by atoms with Crippen molar-refractivity contribution in [1.29, 1.82) is 0 Å². The maximum atomic E-state index is 12.1. The number of halogens is 1. The predicted molar refractivity (Wildman–Crippen MR) is 82.8 cm³/mol. The Morgan fingerprint density at radius 1 is 1.29 bits per heavy atom. The first kappa shape index (κ1) is 16.3. The summed E-state index contributed by atoms with van der Waals surface area (Å²) in [4.78, 5) is 14.1. The average Bonchev–Trinajstić information content (AvgIpc) is 3.25. The minimum atomic E-state index is -3.68. The van der Waals surface area contributed by atoms with Crippen LogP contribution in [0.4, 0.5) is 0 Å². The van der Waals surface area contributed by atoms with E-state index in [2.05, 4.69) is 0 Å². The van der Waals surface area contributed by atoms with Gasteiger partial charge in [-0.2, -0.15) is 0 Å². The Labute approximate surface area is 130 Å². The van der Waals surface area contributed by atoms with Crippen molar-refractivity contribution in [3.8, 4) is 0 Å². The van der Waals surface area contributed by atoms with Crippen molar-refractivity contribution in [1.82, 2.24) is 4.90 Å². The van der Waals surface area contributed by atoms with Crippen LogP contribution in [0.25, 0.3) is 0 Å². The van der Waals surface area contributed by atoms with Crippen molar-refractivity contribution in [2.75, 3.05) is 13.1 Å². The minimum Gasteiger partial charge on any atom is -0.343 e. The van der Waals surface area contributed by atoms with E-state index in [4.69, 9.17) is 10.7 Å². The van der Waals surface area contributed by atoms with E-state index in [1.54, 1.807) is 12.1 Å². The molecule has 1 aromatic rings. The van der Waals surface area contributed by atoms with Gasteiger partial charge in [-0.1, -0.05) is 12.1 Å². The van der Waals surface area contributed by atoms with E-state index in [0.29, 0.717) is 18.8 Å². The summed E-state index contributed by atoms with van der Waals surface area (Å²) in [7, 11) is 1.59. The molecule has 1 aliphatic carbocycles. The van der Waals surface area contributed by atoms with Gasteiger partial charge in [-0.3, -0.25) is 4.79 Å². The van der Waals surface area contributed by atoms with E-state index >= 15 is 0 Å². The largest absolute Gasteiger partial charge is 0.343 e. The van der Waals surface area contributed by atoms with Crippen LogP contribution in [-0.4, -0.2) is 32.3 Å². The molecule has 0 unspecified atom stereocenters. The van der Waals surface area contributed by atoms with Gasteiger partial charge in [-0.15, -0.1) is 0 Å². The highest BCUT2D eigenvalue weighted by Gasteiger charge is 2.25. The molecule has 0 N–H and O–H groups in total. The molecule has 0 heterocycles. The fraction of sp³-hybridized carbons (Fsp3) is 0.533. The second-order valence-corrected chi connectivity index (χ2v) is 8.02. The lowest BCUT2D eigenvalue weighted by atomic mass is 10.1. The lowest BCUT2D eigenvalue weighted by Gasteiger charge is -2.20. The van der Waals surface area contributed by atoms with Gasteiger partial charge in [0.2, 0.25) is 5.91 Å². The van der Waals surface area contributed by atoms with Crippen LogP contribution in [0, 0.1) is 5.92 Å². The molecule has 116 valence electrons. The Balaban J connectivity index is 1.88. The monoisotopic (exact) mass is 329 g/mol. The minimum absolute atomic E-state index is 0.0863. The second kappa shape index (κ2) is 6.79. The summed E-state index contributed by atoms with van der Waals surface area (Å²) in [6, 6.07) is 6.37. The van der Waals surface area contributed by atoms with Crippen LogP contribution in [0.5, 0.6) is 0 Å². The summed E-state index contributed by atoms with van der Waals surface area (Å²) in [5.41, 5.74) is 0.940. The van der Waals surface area contributed by atoms with Gasteiger partial charge in [-0.25, -0.2) is 8.42 Å². The topological polar surface area (TPSA) is 54.5 Å². The van der Waals surface area contributed by atoms with Crippen LogP contribution in [0.1, 0.15) is 31.7 Å². The number of aryl methyl sites for hydroxylation is 1. The fourth-order valence-corrected chi connectivity index (χ4v) is 3.02. The number of amides is 1. The van der Waals surface area contributed by atoms with Crippen molar-refractivity contribution in [2.45, 2.75) is 37.5 Å². The number of carbonyl (C=O) groups is 1. The number of hydrogen-bond acceptors (Lipinski definition) is 3. The van der Waals surface area contributed by atoms with Crippen molar-refractivity contribution < 1.29 is 13.2 Å². The Hall–Kier alpha value is -1.07. The standard InChI is InChI=1S/C15H20ClNO3S/c1-2-17(11-13-3-4-13)15(18)10-7-12-5-8-14(9-6-12)21(16,19)20/h5-6,8-9,13H,2-4,7,10-11H2,1H3. The molecule has 21 heavy (non-hydrogen) atoms. The summed E-state index contributed by atoms with van der Waals surface area (Å²) in [5, 5.41) is 0. The lowest BCUT2D eigenvalue weighted by Crippen LogP contribution is -2.32. The zero-order valence-electron chi connectivity index (χ0n) is 12.1. The van der Waals surface area contributed by atoms with Gasteiger partial charge in [0.15, 0.2) is 0 Å². The van der Waals surface area contributed by atoms with Crippen LogP contribution in [0.2, 0.25) is 0 Å². The number of rotatable bonds is 7. The summed E-state index contributed by atoms with van der Waals surface area (Å²) in [6.45, 7) is 3.62. The van der Waals surface area contributed by atoms with E-state index < -0.39 is 9.05 Å². The third-order valence-electron chi connectivity index (χ3n) is 3.74. The van der Waals surface area contributed by atoms with Gasteiger partial charge in [0.05, 0.1) is 4.90 Å². The normalized spacial score (nSPS) is 15.0. The number of nitrogens with zero attached hydrogens (tertiary/aromatic N) is 1. The number of benzene rings is 1. The smallest absolute Gasteiger partial charge is 0.261 e. The third kappa shape index (κ3) is 5.00. The molecule has 2 rings (SSSR count). The molecule has 0 spiro atoms. The van der Waals surface area contributed by atoms with Crippen LogP contribution in [-0.2, 0) is 20.3 Å². The third-order valence-corrected chi connectivity index (χ3v) is 5.11. The molecule has 0 aliphatic heterocycles. The van der Waals surface area contributed by atoms with Crippen molar-refractivity contribution in [3.63, 3.8) is 0 Å².